The second-order valence-electron chi connectivity index (χ2n) is 7.07. The van der Waals surface area contributed by atoms with Crippen molar-refractivity contribution >= 4 is 33.2 Å². The summed E-state index contributed by atoms with van der Waals surface area (Å²) in [4.78, 5) is 19.4. The molecule has 5 nitrogen and oxygen atoms in total. The Morgan fingerprint density at radius 2 is 1.93 bits per heavy atom. The van der Waals surface area contributed by atoms with Crippen molar-refractivity contribution in [3.05, 3.63) is 79.7 Å². The molecule has 0 aliphatic heterocycles. The van der Waals surface area contributed by atoms with Gasteiger partial charge in [-0.2, -0.15) is 0 Å². The molecule has 0 bridgehead atoms. The van der Waals surface area contributed by atoms with E-state index in [1.807, 2.05) is 41.8 Å². The monoisotopic (exact) mass is 488 g/mol. The molecular weight excluding hydrogens is 464 g/mol. The van der Waals surface area contributed by atoms with Gasteiger partial charge in [0, 0.05) is 29.1 Å². The Morgan fingerprint density at radius 3 is 2.63 bits per heavy atom. The summed E-state index contributed by atoms with van der Waals surface area (Å²) in [6.07, 6.45) is 0. The lowest BCUT2D eigenvalue weighted by Crippen LogP contribution is -2.33. The third-order valence-corrected chi connectivity index (χ3v) is 5.80. The molecule has 0 saturated carbocycles. The van der Waals surface area contributed by atoms with Crippen LogP contribution in [0.5, 0.6) is 5.75 Å². The highest BCUT2D eigenvalue weighted by Crippen LogP contribution is 2.20. The smallest absolute Gasteiger partial charge is 0.254 e. The first-order chi connectivity index (χ1) is 14.4. The molecular formula is C23H25BrN2O3S. The van der Waals surface area contributed by atoms with Crippen molar-refractivity contribution in [1.29, 1.82) is 0 Å². The van der Waals surface area contributed by atoms with Gasteiger partial charge in [-0.25, -0.2) is 4.98 Å². The summed E-state index contributed by atoms with van der Waals surface area (Å²) in [7, 11) is 1.63. The van der Waals surface area contributed by atoms with E-state index < -0.39 is 0 Å². The second kappa shape index (κ2) is 10.7. The van der Waals surface area contributed by atoms with Crippen LogP contribution in [-0.4, -0.2) is 36.1 Å². The Balaban J connectivity index is 1.66. The zero-order valence-corrected chi connectivity index (χ0v) is 19.8. The molecule has 1 heterocycles. The number of methoxy groups -OCH3 is 1. The number of amides is 1. The van der Waals surface area contributed by atoms with E-state index in [1.54, 1.807) is 23.3 Å². The van der Waals surface area contributed by atoms with E-state index in [-0.39, 0.29) is 5.91 Å². The predicted octanol–water partition coefficient (Wildman–Crippen LogP) is 5.39. The minimum atomic E-state index is -0.0469. The highest BCUT2D eigenvalue weighted by molar-refractivity contribution is 9.10. The fourth-order valence-electron chi connectivity index (χ4n) is 3.10. The molecule has 0 aliphatic carbocycles. The SMILES string of the molecule is COCCN(Cc1csc(COc2cc(C)cc(C)c2)n1)C(=O)c1cccc(Br)c1. The fraction of sp³-hybridized carbons (Fsp3) is 0.304. The van der Waals surface area contributed by atoms with Gasteiger partial charge in [0.1, 0.15) is 17.4 Å². The van der Waals surface area contributed by atoms with Crippen LogP contribution in [0.4, 0.5) is 0 Å². The van der Waals surface area contributed by atoms with E-state index in [9.17, 15) is 4.79 Å². The van der Waals surface area contributed by atoms with Crippen LogP contribution >= 0.6 is 27.3 Å². The second-order valence-corrected chi connectivity index (χ2v) is 8.93. The first-order valence-electron chi connectivity index (χ1n) is 9.63. The van der Waals surface area contributed by atoms with Gasteiger partial charge in [-0.1, -0.05) is 28.1 Å². The number of thiazole rings is 1. The van der Waals surface area contributed by atoms with Crippen LogP contribution in [0.1, 0.15) is 32.2 Å². The highest BCUT2D eigenvalue weighted by atomic mass is 79.9. The molecule has 1 aromatic heterocycles. The molecule has 0 aliphatic rings. The normalized spacial score (nSPS) is 10.8. The predicted molar refractivity (Wildman–Crippen MR) is 123 cm³/mol. The summed E-state index contributed by atoms with van der Waals surface area (Å²) in [6, 6.07) is 13.6. The number of rotatable bonds is 9. The molecule has 0 fully saturated rings. The van der Waals surface area contributed by atoms with Crippen molar-refractivity contribution in [3.63, 3.8) is 0 Å². The van der Waals surface area contributed by atoms with Crippen molar-refractivity contribution in [2.24, 2.45) is 0 Å². The van der Waals surface area contributed by atoms with Crippen LogP contribution in [0.15, 0.2) is 52.3 Å². The topological polar surface area (TPSA) is 51.7 Å². The first kappa shape index (κ1) is 22.5. The van der Waals surface area contributed by atoms with Crippen LogP contribution in [0, 0.1) is 13.8 Å². The Hall–Kier alpha value is -2.22. The van der Waals surface area contributed by atoms with Gasteiger partial charge in [-0.15, -0.1) is 11.3 Å². The zero-order valence-electron chi connectivity index (χ0n) is 17.4. The number of aryl methyl sites for hydroxylation is 2. The van der Waals surface area contributed by atoms with E-state index in [2.05, 4.69) is 40.8 Å². The van der Waals surface area contributed by atoms with Crippen molar-refractivity contribution in [3.8, 4) is 5.75 Å². The Bertz CT molecular complexity index is 985. The molecule has 3 rings (SSSR count). The van der Waals surface area contributed by atoms with Gasteiger partial charge in [-0.05, 0) is 55.3 Å². The molecule has 0 N–H and O–H groups in total. The zero-order chi connectivity index (χ0) is 21.5. The number of hydrogen-bond acceptors (Lipinski definition) is 5. The van der Waals surface area contributed by atoms with Gasteiger partial charge in [0.2, 0.25) is 0 Å². The number of aromatic nitrogens is 1. The van der Waals surface area contributed by atoms with Crippen LogP contribution < -0.4 is 4.74 Å². The van der Waals surface area contributed by atoms with Gasteiger partial charge >= 0.3 is 0 Å². The third-order valence-electron chi connectivity index (χ3n) is 4.43. The van der Waals surface area contributed by atoms with E-state index in [4.69, 9.17) is 9.47 Å². The van der Waals surface area contributed by atoms with Crippen LogP contribution in [0.3, 0.4) is 0 Å². The van der Waals surface area contributed by atoms with E-state index in [0.717, 1.165) is 20.9 Å². The summed E-state index contributed by atoms with van der Waals surface area (Å²) in [6.45, 7) is 5.90. The summed E-state index contributed by atoms with van der Waals surface area (Å²) in [5.41, 5.74) is 3.82. The molecule has 30 heavy (non-hydrogen) atoms. The molecule has 158 valence electrons. The minimum Gasteiger partial charge on any atom is -0.486 e. The number of nitrogens with zero attached hydrogens (tertiary/aromatic N) is 2. The van der Waals surface area contributed by atoms with Gasteiger partial charge in [-0.3, -0.25) is 4.79 Å². The molecule has 7 heteroatoms. The number of halogens is 1. The summed E-state index contributed by atoms with van der Waals surface area (Å²) in [5.74, 6) is 0.796. The van der Waals surface area contributed by atoms with Crippen molar-refractivity contribution < 1.29 is 14.3 Å². The molecule has 0 spiro atoms. The van der Waals surface area contributed by atoms with E-state index >= 15 is 0 Å². The van der Waals surface area contributed by atoms with E-state index in [1.165, 1.54) is 11.1 Å². The molecule has 0 atom stereocenters. The van der Waals surface area contributed by atoms with Gasteiger partial charge in [0.05, 0.1) is 18.8 Å². The van der Waals surface area contributed by atoms with Crippen molar-refractivity contribution in [2.45, 2.75) is 27.0 Å². The highest BCUT2D eigenvalue weighted by Gasteiger charge is 2.18. The van der Waals surface area contributed by atoms with Gasteiger partial charge < -0.3 is 14.4 Å². The largest absolute Gasteiger partial charge is 0.486 e. The van der Waals surface area contributed by atoms with Crippen molar-refractivity contribution in [2.75, 3.05) is 20.3 Å². The van der Waals surface area contributed by atoms with Crippen LogP contribution in [0.25, 0.3) is 0 Å². The maximum absolute atomic E-state index is 13.0. The lowest BCUT2D eigenvalue weighted by molar-refractivity contribution is 0.0678. The standard InChI is InChI=1S/C23H25BrN2O3S/c1-16-9-17(2)11-21(10-16)29-14-22-25-20(15-30-22)13-26(7-8-28-3)23(27)18-5-4-6-19(24)12-18/h4-6,9-12,15H,7-8,13-14H2,1-3H3. The molecule has 2 aromatic carbocycles. The lowest BCUT2D eigenvalue weighted by Gasteiger charge is -2.21. The molecule has 1 amide bonds. The average molecular weight is 489 g/mol. The number of carbonyl (C=O) groups is 1. The third kappa shape index (κ3) is 6.39. The summed E-state index contributed by atoms with van der Waals surface area (Å²) >= 11 is 4.97. The number of benzene rings is 2. The first-order valence-corrected chi connectivity index (χ1v) is 11.3. The fourth-order valence-corrected chi connectivity index (χ4v) is 4.20. The lowest BCUT2D eigenvalue weighted by atomic mass is 10.1. The van der Waals surface area contributed by atoms with Crippen molar-refractivity contribution in [1.82, 2.24) is 9.88 Å². The maximum Gasteiger partial charge on any atom is 0.254 e. The van der Waals surface area contributed by atoms with Crippen LogP contribution in [-0.2, 0) is 17.9 Å². The van der Waals surface area contributed by atoms with Gasteiger partial charge in [0.15, 0.2) is 0 Å². The Labute approximate surface area is 189 Å². The van der Waals surface area contributed by atoms with E-state index in [0.29, 0.717) is 31.9 Å². The van der Waals surface area contributed by atoms with Crippen LogP contribution in [0.2, 0.25) is 0 Å². The number of hydrogen-bond donors (Lipinski definition) is 0. The average Bonchev–Trinajstić information content (AvgIpc) is 3.16. The summed E-state index contributed by atoms with van der Waals surface area (Å²) in [5, 5.41) is 2.86. The van der Waals surface area contributed by atoms with Gasteiger partial charge in [0.25, 0.3) is 5.91 Å². The number of carbonyl (C=O) groups excluding carboxylic acids is 1. The maximum atomic E-state index is 13.0. The Morgan fingerprint density at radius 1 is 1.17 bits per heavy atom. The molecule has 3 aromatic rings. The molecule has 0 unspecified atom stereocenters. The number of ether oxygens (including phenoxy) is 2. The minimum absolute atomic E-state index is 0.0469. The quantitative estimate of drug-likeness (QED) is 0.405. The molecule has 0 saturated heterocycles. The summed E-state index contributed by atoms with van der Waals surface area (Å²) < 4.78 is 12.0. The Kier molecular flexibility index (Phi) is 8.01. The molecule has 0 radical (unpaired) electrons.